The number of esters is 8. The van der Waals surface area contributed by atoms with Crippen molar-refractivity contribution in [3.05, 3.63) is 0 Å². The molecule has 24 heteroatoms. The van der Waals surface area contributed by atoms with Crippen LogP contribution in [0.1, 0.15) is 373 Å². The number of rotatable bonds is 72. The predicted octanol–water partition coefficient (Wildman–Crippen LogP) is 20.8. The molecule has 2 unspecified atom stereocenters. The normalized spacial score (nSPS) is 12.2. The summed E-state index contributed by atoms with van der Waals surface area (Å²) in [4.78, 5) is 90.1. The summed E-state index contributed by atoms with van der Waals surface area (Å²) in [6.07, 6.45) is 28.0. The molecule has 0 rings (SSSR count). The van der Waals surface area contributed by atoms with Crippen LogP contribution in [0.25, 0.3) is 0 Å². The van der Waals surface area contributed by atoms with E-state index in [1.807, 2.05) is 27.7 Å². The lowest BCUT2D eigenvalue weighted by Gasteiger charge is -2.37. The summed E-state index contributed by atoms with van der Waals surface area (Å²) in [7, 11) is 12.5. The van der Waals surface area contributed by atoms with Crippen molar-refractivity contribution in [3.8, 4) is 0 Å². The van der Waals surface area contributed by atoms with E-state index < -0.39 is 0 Å². The van der Waals surface area contributed by atoms with Crippen molar-refractivity contribution in [2.75, 3.05) is 265 Å². The third kappa shape index (κ3) is 85.6. The first-order valence-electron chi connectivity index (χ1n) is 52.7. The Balaban J connectivity index is -0.000000215. The Bertz CT molecular complexity index is 2500. The Labute approximate surface area is 793 Å². The number of carbonyl (C=O) groups is 8. The van der Waals surface area contributed by atoms with Gasteiger partial charge < -0.3 is 73.8 Å². The molecule has 24 nitrogen and oxygen atoms in total. The van der Waals surface area contributed by atoms with Gasteiger partial charge in [0.25, 0.3) is 0 Å². The molecule has 2 atom stereocenters. The zero-order valence-corrected chi connectivity index (χ0v) is 91.4. The summed E-state index contributed by atoms with van der Waals surface area (Å²) in [5.41, 5.74) is 0. The smallest absolute Gasteiger partial charge is 0.305 e. The molecule has 128 heavy (non-hydrogen) atoms. The fourth-order valence-corrected chi connectivity index (χ4v) is 15.0. The molecule has 0 radical (unpaired) electrons. The van der Waals surface area contributed by atoms with Gasteiger partial charge in [-0.15, -0.1) is 0 Å². The average Bonchev–Trinajstić information content (AvgIpc) is 0.852. The van der Waals surface area contributed by atoms with Crippen molar-refractivity contribution in [2.45, 2.75) is 373 Å². The number of ether oxygens (including phenoxy) is 8. The van der Waals surface area contributed by atoms with E-state index in [1.54, 1.807) is 0 Å². The van der Waals surface area contributed by atoms with Gasteiger partial charge in [0.05, 0.1) is 160 Å². The van der Waals surface area contributed by atoms with Gasteiger partial charge in [0, 0.05) is 51.4 Å². The van der Waals surface area contributed by atoms with Crippen LogP contribution in [0.2, 0.25) is 0 Å². The SMILES string of the molecule is CCCC(=O)OCC[N+](C)(C)C.CCCC(=O)OCC[N+](CC)(CC)CC.CCCC(=O)OCC[N+](CC)(CCC)CCC.CCCCC(=O)OCC[N+](C)(C)C.CCCCC(=O)OCC[N+](CC)(CC)CC.CCCCC(=O)OCC[N+](CC)(CCC)CCC.CCCCC(=O)OCC[N+](CC)(CCC)CCCC.CCCC[N+](CC)(CCC)CCOC(=O)CCC. The van der Waals surface area contributed by atoms with Crippen LogP contribution in [0.15, 0.2) is 0 Å². The molecule has 0 aromatic carbocycles. The topological polar surface area (TPSA) is 210 Å². The molecular weight excluding hydrogens is 1620 g/mol. The largest absolute Gasteiger partial charge is 0.460 e. The van der Waals surface area contributed by atoms with Crippen LogP contribution in [0, 0.1) is 0 Å². The van der Waals surface area contributed by atoms with Gasteiger partial charge in [0.15, 0.2) is 0 Å². The zero-order chi connectivity index (χ0) is 99.5. The van der Waals surface area contributed by atoms with Crippen molar-refractivity contribution in [2.24, 2.45) is 0 Å². The second kappa shape index (κ2) is 92.9. The number of unbranched alkanes of at least 4 members (excludes halogenated alkanes) is 6. The Morgan fingerprint density at radius 3 is 0.422 bits per heavy atom. The highest BCUT2D eigenvalue weighted by molar-refractivity contribution is 5.71. The first-order valence-corrected chi connectivity index (χ1v) is 52.7. The number of hydrogen-bond acceptors (Lipinski definition) is 16. The lowest BCUT2D eigenvalue weighted by atomic mass is 10.2. The van der Waals surface area contributed by atoms with E-state index in [-0.39, 0.29) is 47.8 Å². The molecule has 0 aliphatic heterocycles. The van der Waals surface area contributed by atoms with Crippen LogP contribution in [0.4, 0.5) is 0 Å². The van der Waals surface area contributed by atoms with Crippen LogP contribution < -0.4 is 0 Å². The predicted molar refractivity (Wildman–Crippen MR) is 538 cm³/mol. The molecule has 0 amide bonds. The van der Waals surface area contributed by atoms with Crippen LogP contribution >= 0.6 is 0 Å². The summed E-state index contributed by atoms with van der Waals surface area (Å²) < 4.78 is 49.9. The lowest BCUT2D eigenvalue weighted by molar-refractivity contribution is -0.927. The fourth-order valence-electron chi connectivity index (χ4n) is 15.0. The summed E-state index contributed by atoms with van der Waals surface area (Å²) in [5, 5.41) is 0. The van der Waals surface area contributed by atoms with E-state index in [9.17, 15) is 38.4 Å². The Kier molecular flexibility index (Phi) is 101. The minimum atomic E-state index is -0.0778. The first kappa shape index (κ1) is 139. The fraction of sp³-hybridized carbons (Fsp3) is 0.923. The number of hydrogen-bond donors (Lipinski definition) is 0. The van der Waals surface area contributed by atoms with Gasteiger partial charge in [0.1, 0.15) is 105 Å². The van der Waals surface area contributed by atoms with Gasteiger partial charge in [0.2, 0.25) is 0 Å². The van der Waals surface area contributed by atoms with Gasteiger partial charge in [-0.05, 0) is 172 Å². The van der Waals surface area contributed by atoms with E-state index in [4.69, 9.17) is 37.9 Å². The van der Waals surface area contributed by atoms with Crippen LogP contribution in [0.3, 0.4) is 0 Å². The molecule has 0 aromatic heterocycles. The highest BCUT2D eigenvalue weighted by Gasteiger charge is 2.29. The molecule has 0 saturated heterocycles. The molecule has 0 aromatic rings. The van der Waals surface area contributed by atoms with Gasteiger partial charge in [-0.2, -0.15) is 0 Å². The van der Waals surface area contributed by atoms with E-state index in [0.29, 0.717) is 104 Å². The van der Waals surface area contributed by atoms with Gasteiger partial charge >= 0.3 is 47.8 Å². The average molecular weight is 1840 g/mol. The monoisotopic (exact) mass is 1840 g/mol. The quantitative estimate of drug-likeness (QED) is 0.0315. The number of nitrogens with zero attached hydrogens (tertiary/aromatic N) is 8. The maximum atomic E-state index is 11.5. The zero-order valence-electron chi connectivity index (χ0n) is 91.4. The summed E-state index contributed by atoms with van der Waals surface area (Å²) >= 11 is 0. The Morgan fingerprint density at radius 1 is 0.148 bits per heavy atom. The van der Waals surface area contributed by atoms with Gasteiger partial charge in [-0.1, -0.05) is 149 Å². The molecule has 0 saturated carbocycles. The van der Waals surface area contributed by atoms with Gasteiger partial charge in [-0.25, -0.2) is 0 Å². The molecule has 0 aliphatic carbocycles. The van der Waals surface area contributed by atoms with E-state index in [1.165, 1.54) is 117 Å². The summed E-state index contributed by atoms with van der Waals surface area (Å²) in [5.74, 6) is -0.376. The second-order valence-corrected chi connectivity index (χ2v) is 37.3. The molecule has 0 heterocycles. The van der Waals surface area contributed by atoms with Crippen LogP contribution in [-0.2, 0) is 76.3 Å². The van der Waals surface area contributed by atoms with Crippen molar-refractivity contribution >= 4 is 47.8 Å². The van der Waals surface area contributed by atoms with Crippen molar-refractivity contribution < 1.29 is 112 Å². The van der Waals surface area contributed by atoms with E-state index >= 15 is 0 Å². The van der Waals surface area contributed by atoms with E-state index in [2.05, 4.69) is 195 Å². The third-order valence-corrected chi connectivity index (χ3v) is 24.6. The molecule has 0 bridgehead atoms. The van der Waals surface area contributed by atoms with Gasteiger partial charge in [-0.3, -0.25) is 38.4 Å². The lowest BCUT2D eigenvalue weighted by Crippen LogP contribution is -2.51. The molecule has 0 N–H and O–H groups in total. The maximum Gasteiger partial charge on any atom is 0.305 e. The molecule has 0 aliphatic rings. The van der Waals surface area contributed by atoms with Crippen LogP contribution in [-0.4, -0.2) is 349 Å². The summed E-state index contributed by atoms with van der Waals surface area (Å²) in [6, 6.07) is 0. The molecule has 0 fully saturated rings. The minimum Gasteiger partial charge on any atom is -0.460 e. The van der Waals surface area contributed by atoms with Crippen molar-refractivity contribution in [1.82, 2.24) is 0 Å². The van der Waals surface area contributed by atoms with Crippen molar-refractivity contribution in [1.29, 1.82) is 0 Å². The standard InChI is InChI=1S/C16H34NO2.2C15H32NO2.C14H30NO2.C13H28NO2.C12H26NO2.C10H22NO2.C9H20NO2/c1-5-9-11-16(18)19-15-14-17(8-4,12-7-3)13-10-6-2;1-5-9-10-15(17)18-14-13-16(8-4,11-6-2)12-7-3;1-5-9-12-16(8-4,11-7-3)13-14-18-15(17)10-6-2;1-5-9-14(16)17-13-12-15(8-4,10-6-2)11-7-3;1-5-9-10-13(15)16-12-11-14(6-2,7-3)8-4;1-5-9-12(14)15-11-10-13(6-2,7-3)8-4;1-5-6-7-10(12)13-9-8-11(2,3)4;1-5-6-9(11)12-8-7-10(2,3)4/h5-15H2,1-4H3;2*5-14H2,1-4H3;5-13H2,1-4H3;5-12H2,1-4H3;5-11H2,1-4H3;5-9H2,1-4H3;5-8H2,1-4H3/q8*+1. The van der Waals surface area contributed by atoms with Crippen molar-refractivity contribution in [3.63, 3.8) is 0 Å². The first-order chi connectivity index (χ1) is 60.7. The number of carbonyl (C=O) groups excluding carboxylic acids is 8. The summed E-state index contributed by atoms with van der Waals surface area (Å²) in [6.45, 7) is 89.1. The highest BCUT2D eigenvalue weighted by Crippen LogP contribution is 2.17. The number of quaternary nitrogens is 8. The second-order valence-electron chi connectivity index (χ2n) is 37.3. The van der Waals surface area contributed by atoms with E-state index in [0.717, 1.165) is 231 Å². The molecule has 768 valence electrons. The Hall–Kier alpha value is -4.56. The minimum absolute atomic E-state index is 0.0250. The highest BCUT2D eigenvalue weighted by atomic mass is 16.6. The third-order valence-electron chi connectivity index (χ3n) is 24.6. The number of likely N-dealkylation sites (N-methyl/N-ethyl adjacent to an activating group) is 8. The Morgan fingerprint density at radius 2 is 0.289 bits per heavy atom. The molecular formula is C104H224N8O16+8. The van der Waals surface area contributed by atoms with Crippen LogP contribution in [0.5, 0.6) is 0 Å². The molecule has 0 spiro atoms. The maximum absolute atomic E-state index is 11.5.